The average Bonchev–Trinajstić information content (AvgIpc) is 3.23. The number of amides is 3. The molecule has 2 heterocycles. The quantitative estimate of drug-likeness (QED) is 0.834. The molecular formula is C21H21N3O3S. The number of benzene rings is 2. The van der Waals surface area contributed by atoms with Crippen molar-refractivity contribution in [2.45, 2.75) is 30.7 Å². The van der Waals surface area contributed by atoms with Crippen LogP contribution in [0.25, 0.3) is 0 Å². The molecular weight excluding hydrogens is 374 g/mol. The van der Waals surface area contributed by atoms with E-state index in [-0.39, 0.29) is 17.7 Å². The highest BCUT2D eigenvalue weighted by Gasteiger charge is 2.56. The van der Waals surface area contributed by atoms with Crippen LogP contribution in [0, 0.1) is 0 Å². The average molecular weight is 395 g/mol. The maximum absolute atomic E-state index is 13.0. The van der Waals surface area contributed by atoms with Gasteiger partial charge in [0.05, 0.1) is 0 Å². The highest BCUT2D eigenvalue weighted by molar-refractivity contribution is 8.00. The van der Waals surface area contributed by atoms with E-state index in [4.69, 9.17) is 0 Å². The van der Waals surface area contributed by atoms with Crippen molar-refractivity contribution in [3.05, 3.63) is 60.2 Å². The molecule has 3 amide bonds. The molecule has 0 saturated carbocycles. The summed E-state index contributed by atoms with van der Waals surface area (Å²) in [6, 6.07) is 16.4. The van der Waals surface area contributed by atoms with Crippen LogP contribution in [-0.4, -0.2) is 34.4 Å². The van der Waals surface area contributed by atoms with Crippen molar-refractivity contribution in [1.82, 2.24) is 4.90 Å². The lowest BCUT2D eigenvalue weighted by molar-refractivity contribution is -0.136. The van der Waals surface area contributed by atoms with Crippen LogP contribution in [0.5, 0.6) is 0 Å². The van der Waals surface area contributed by atoms with Crippen LogP contribution in [0.15, 0.2) is 54.6 Å². The molecule has 0 aliphatic carbocycles. The summed E-state index contributed by atoms with van der Waals surface area (Å²) in [5, 5.41) is 5.60. The lowest BCUT2D eigenvalue weighted by atomic mass is 10.0. The van der Waals surface area contributed by atoms with E-state index < -0.39 is 10.9 Å². The van der Waals surface area contributed by atoms with E-state index in [1.54, 1.807) is 40.9 Å². The van der Waals surface area contributed by atoms with Crippen molar-refractivity contribution in [1.29, 1.82) is 0 Å². The van der Waals surface area contributed by atoms with E-state index >= 15 is 0 Å². The molecule has 2 aliphatic rings. The minimum atomic E-state index is -0.504. The van der Waals surface area contributed by atoms with Crippen LogP contribution in [0.1, 0.15) is 25.3 Å². The van der Waals surface area contributed by atoms with E-state index in [1.165, 1.54) is 6.92 Å². The third-order valence-electron chi connectivity index (χ3n) is 5.13. The lowest BCUT2D eigenvalue weighted by Crippen LogP contribution is -2.48. The van der Waals surface area contributed by atoms with Crippen molar-refractivity contribution in [2.75, 3.05) is 16.4 Å². The second-order valence-electron chi connectivity index (χ2n) is 6.99. The summed E-state index contributed by atoms with van der Waals surface area (Å²) >= 11 is 1.67. The highest BCUT2D eigenvalue weighted by Crippen LogP contribution is 2.54. The summed E-state index contributed by atoms with van der Waals surface area (Å²) in [5.74, 6) is 0.253. The Morgan fingerprint density at radius 2 is 1.68 bits per heavy atom. The fraction of sp³-hybridized carbons (Fsp3) is 0.286. The summed E-state index contributed by atoms with van der Waals surface area (Å²) in [6.45, 7) is 1.44. The van der Waals surface area contributed by atoms with Crippen LogP contribution in [0.4, 0.5) is 11.4 Å². The van der Waals surface area contributed by atoms with Crippen molar-refractivity contribution in [3.63, 3.8) is 0 Å². The van der Waals surface area contributed by atoms with Gasteiger partial charge in [-0.3, -0.25) is 14.4 Å². The van der Waals surface area contributed by atoms with Gasteiger partial charge in [-0.2, -0.15) is 0 Å². The second kappa shape index (κ2) is 7.31. The van der Waals surface area contributed by atoms with Crippen LogP contribution in [-0.2, 0) is 19.3 Å². The Bertz CT molecular complexity index is 916. The van der Waals surface area contributed by atoms with Gasteiger partial charge in [0.25, 0.3) is 0 Å². The van der Waals surface area contributed by atoms with Gasteiger partial charge in [-0.15, -0.1) is 11.8 Å². The molecule has 0 unspecified atom stereocenters. The Morgan fingerprint density at radius 3 is 2.32 bits per heavy atom. The van der Waals surface area contributed by atoms with E-state index in [2.05, 4.69) is 10.6 Å². The van der Waals surface area contributed by atoms with Crippen molar-refractivity contribution in [3.8, 4) is 0 Å². The van der Waals surface area contributed by atoms with Gasteiger partial charge >= 0.3 is 0 Å². The fourth-order valence-corrected chi connectivity index (χ4v) is 5.55. The molecule has 2 aliphatic heterocycles. The van der Waals surface area contributed by atoms with Gasteiger partial charge in [0.1, 0.15) is 10.9 Å². The van der Waals surface area contributed by atoms with Crippen LogP contribution in [0.2, 0.25) is 0 Å². The van der Waals surface area contributed by atoms with Gasteiger partial charge in [-0.05, 0) is 36.2 Å². The lowest BCUT2D eigenvalue weighted by Gasteiger charge is -2.34. The number of thioether (sulfide) groups is 1. The minimum Gasteiger partial charge on any atom is -0.326 e. The van der Waals surface area contributed by atoms with E-state index in [1.807, 2.05) is 30.3 Å². The minimum absolute atomic E-state index is 0.0232. The van der Waals surface area contributed by atoms with E-state index in [9.17, 15) is 14.4 Å². The largest absolute Gasteiger partial charge is 0.326 e. The molecule has 2 N–H and O–H groups in total. The maximum Gasteiger partial charge on any atom is 0.248 e. The predicted octanol–water partition coefficient (Wildman–Crippen LogP) is 3.17. The monoisotopic (exact) mass is 395 g/mol. The zero-order valence-corrected chi connectivity index (χ0v) is 16.3. The predicted molar refractivity (Wildman–Crippen MR) is 110 cm³/mol. The summed E-state index contributed by atoms with van der Waals surface area (Å²) in [6.07, 6.45) is 1.17. The third kappa shape index (κ3) is 3.26. The maximum atomic E-state index is 13.0. The van der Waals surface area contributed by atoms with Crippen LogP contribution in [0.3, 0.4) is 0 Å². The van der Waals surface area contributed by atoms with Gasteiger partial charge in [-0.1, -0.05) is 30.3 Å². The normalized spacial score (nSPS) is 23.4. The SMILES string of the molecule is CC(=O)Nc1ccc(NC(=O)[C@@H]2CS[C@@]3(c4ccccc4)CCC(=O)N23)cc1. The Kier molecular flexibility index (Phi) is 4.85. The van der Waals surface area contributed by atoms with Gasteiger partial charge in [-0.25, -0.2) is 0 Å². The zero-order valence-electron chi connectivity index (χ0n) is 15.5. The molecule has 7 heteroatoms. The molecule has 4 rings (SSSR count). The van der Waals surface area contributed by atoms with E-state index in [0.717, 1.165) is 12.0 Å². The molecule has 2 aromatic rings. The van der Waals surface area contributed by atoms with E-state index in [0.29, 0.717) is 23.5 Å². The molecule has 0 aromatic heterocycles. The summed E-state index contributed by atoms with van der Waals surface area (Å²) in [5.41, 5.74) is 2.37. The standard InChI is InChI=1S/C21H21N3O3S/c1-14(25)22-16-7-9-17(10-8-16)23-20(27)18-13-28-21(12-11-19(26)24(18)21)15-5-3-2-4-6-15/h2-10,18H,11-13H2,1H3,(H,22,25)(H,23,27)/t18-,21+/m0/s1. The van der Waals surface area contributed by atoms with Gasteiger partial charge < -0.3 is 15.5 Å². The first-order valence-corrected chi connectivity index (χ1v) is 10.2. The summed E-state index contributed by atoms with van der Waals surface area (Å²) in [4.78, 5) is 38.0. The number of carbonyl (C=O) groups excluding carboxylic acids is 3. The first-order valence-electron chi connectivity index (χ1n) is 9.20. The van der Waals surface area contributed by atoms with Crippen LogP contribution >= 0.6 is 11.8 Å². The van der Waals surface area contributed by atoms with Crippen molar-refractivity contribution >= 4 is 40.9 Å². The third-order valence-corrected chi connectivity index (χ3v) is 6.72. The molecule has 0 spiro atoms. The van der Waals surface area contributed by atoms with Crippen molar-refractivity contribution < 1.29 is 14.4 Å². The number of rotatable bonds is 4. The Morgan fingerprint density at radius 1 is 1.04 bits per heavy atom. The van der Waals surface area contributed by atoms with Crippen molar-refractivity contribution in [2.24, 2.45) is 0 Å². The zero-order chi connectivity index (χ0) is 19.7. The molecule has 28 heavy (non-hydrogen) atoms. The topological polar surface area (TPSA) is 78.5 Å². The number of carbonyl (C=O) groups is 3. The number of nitrogens with one attached hydrogen (secondary N) is 2. The molecule has 2 saturated heterocycles. The molecule has 0 radical (unpaired) electrons. The van der Waals surface area contributed by atoms with Gasteiger partial charge in [0.15, 0.2) is 0 Å². The summed E-state index contributed by atoms with van der Waals surface area (Å²) in [7, 11) is 0. The number of hydrogen-bond donors (Lipinski definition) is 2. The second-order valence-corrected chi connectivity index (χ2v) is 8.29. The fourth-order valence-electron chi connectivity index (χ4n) is 3.90. The number of nitrogens with zero attached hydrogens (tertiary/aromatic N) is 1. The number of anilines is 2. The first-order chi connectivity index (χ1) is 13.5. The first kappa shape index (κ1) is 18.6. The Labute approximate surface area is 167 Å². The number of fused-ring (bicyclic) bond motifs is 1. The molecule has 2 atom stereocenters. The Balaban J connectivity index is 1.52. The Hall–Kier alpha value is -2.80. The molecule has 144 valence electrons. The molecule has 2 aromatic carbocycles. The highest BCUT2D eigenvalue weighted by atomic mass is 32.2. The van der Waals surface area contributed by atoms with Gasteiger partial charge in [0, 0.05) is 30.5 Å². The molecule has 6 nitrogen and oxygen atoms in total. The van der Waals surface area contributed by atoms with Crippen LogP contribution < -0.4 is 10.6 Å². The summed E-state index contributed by atoms with van der Waals surface area (Å²) < 4.78 is 0. The molecule has 2 fully saturated rings. The van der Waals surface area contributed by atoms with Gasteiger partial charge in [0.2, 0.25) is 17.7 Å². The molecule has 0 bridgehead atoms. The number of hydrogen-bond acceptors (Lipinski definition) is 4. The smallest absolute Gasteiger partial charge is 0.248 e.